The van der Waals surface area contributed by atoms with Gasteiger partial charge in [0.15, 0.2) is 11.9 Å². The number of hydrogen-bond donors (Lipinski definition) is 0. The van der Waals surface area contributed by atoms with Crippen molar-refractivity contribution in [3.8, 4) is 0 Å². The number of ether oxygens (including phenoxy) is 1. The summed E-state index contributed by atoms with van der Waals surface area (Å²) in [5.41, 5.74) is 0.377. The van der Waals surface area contributed by atoms with Crippen LogP contribution in [0.1, 0.15) is 46.0 Å². The zero-order valence-electron chi connectivity index (χ0n) is 13.9. The molecule has 0 amide bonds. The molecule has 0 radical (unpaired) electrons. The van der Waals surface area contributed by atoms with Gasteiger partial charge in [-0.3, -0.25) is 9.59 Å². The second-order valence-electron chi connectivity index (χ2n) is 8.85. The zero-order chi connectivity index (χ0) is 16.2. The highest BCUT2D eigenvalue weighted by atomic mass is 16.6. The predicted octanol–water partition coefficient (Wildman–Crippen LogP) is 3.24. The summed E-state index contributed by atoms with van der Waals surface area (Å²) in [6, 6.07) is 0. The molecule has 4 fully saturated rings. The molecule has 7 atom stereocenters. The summed E-state index contributed by atoms with van der Waals surface area (Å²) >= 11 is 0. The van der Waals surface area contributed by atoms with Gasteiger partial charge in [-0.1, -0.05) is 26.5 Å². The van der Waals surface area contributed by atoms with Gasteiger partial charge in [-0.05, 0) is 55.1 Å². The maximum atomic E-state index is 12.5. The van der Waals surface area contributed by atoms with Crippen LogP contribution in [0.15, 0.2) is 24.3 Å². The van der Waals surface area contributed by atoms with E-state index in [4.69, 9.17) is 4.74 Å². The first kappa shape index (κ1) is 14.2. The molecule has 0 aromatic carbocycles. The molecule has 0 aromatic rings. The average Bonchev–Trinajstić information content (AvgIpc) is 3.21. The quantitative estimate of drug-likeness (QED) is 0.509. The van der Waals surface area contributed by atoms with Crippen LogP contribution in [0.25, 0.3) is 0 Å². The molecule has 4 aliphatic carbocycles. The summed E-state index contributed by atoms with van der Waals surface area (Å²) in [6.07, 6.45) is 8.28. The number of fused-ring (bicyclic) bond motifs is 4. The maximum absolute atomic E-state index is 12.5. The number of rotatable bonds is 0. The van der Waals surface area contributed by atoms with Gasteiger partial charge in [0.05, 0.1) is 0 Å². The molecule has 5 rings (SSSR count). The third-order valence-electron chi connectivity index (χ3n) is 8.19. The largest absolute Gasteiger partial charge is 0.352 e. The van der Waals surface area contributed by atoms with Gasteiger partial charge in [0.2, 0.25) is 0 Å². The van der Waals surface area contributed by atoms with Crippen LogP contribution in [0.5, 0.6) is 0 Å². The van der Waals surface area contributed by atoms with Crippen molar-refractivity contribution >= 4 is 11.6 Å². The Balaban J connectivity index is 1.61. The summed E-state index contributed by atoms with van der Waals surface area (Å²) in [6.45, 7) is 8.79. The van der Waals surface area contributed by atoms with Crippen LogP contribution in [-0.2, 0) is 14.3 Å². The summed E-state index contributed by atoms with van der Waals surface area (Å²) in [4.78, 5) is 24.6. The van der Waals surface area contributed by atoms with Crippen LogP contribution in [-0.4, -0.2) is 23.3 Å². The van der Waals surface area contributed by atoms with Gasteiger partial charge in [-0.25, -0.2) is 0 Å². The van der Waals surface area contributed by atoms with E-state index in [0.29, 0.717) is 23.5 Å². The molecule has 0 aromatic heterocycles. The number of epoxide rings is 1. The van der Waals surface area contributed by atoms with E-state index >= 15 is 0 Å². The van der Waals surface area contributed by atoms with Gasteiger partial charge >= 0.3 is 0 Å². The Bertz CT molecular complexity index is 691. The minimum atomic E-state index is -0.448. The molecular weight excluding hydrogens is 288 g/mol. The highest BCUT2D eigenvalue weighted by molar-refractivity contribution is 5.99. The van der Waals surface area contributed by atoms with Gasteiger partial charge in [-0.15, -0.1) is 0 Å². The minimum Gasteiger partial charge on any atom is -0.352 e. The average molecular weight is 312 g/mol. The van der Waals surface area contributed by atoms with Crippen molar-refractivity contribution in [3.05, 3.63) is 24.3 Å². The fraction of sp³-hybridized carbons (Fsp3) is 0.700. The molecule has 2 unspecified atom stereocenters. The Kier molecular flexibility index (Phi) is 2.39. The Hall–Kier alpha value is -1.22. The molecule has 3 heteroatoms. The Morgan fingerprint density at radius 2 is 2.00 bits per heavy atom. The molecule has 1 spiro atoms. The molecule has 0 N–H and O–H groups in total. The van der Waals surface area contributed by atoms with Gasteiger partial charge < -0.3 is 4.74 Å². The molecule has 0 bridgehead atoms. The van der Waals surface area contributed by atoms with E-state index in [-0.39, 0.29) is 22.7 Å². The fourth-order valence-electron chi connectivity index (χ4n) is 6.86. The van der Waals surface area contributed by atoms with E-state index < -0.39 is 5.60 Å². The van der Waals surface area contributed by atoms with Gasteiger partial charge in [-0.2, -0.15) is 0 Å². The highest BCUT2D eigenvalue weighted by Crippen LogP contribution is 2.71. The van der Waals surface area contributed by atoms with Crippen molar-refractivity contribution in [1.82, 2.24) is 0 Å². The smallest absolute Gasteiger partial charge is 0.187 e. The summed E-state index contributed by atoms with van der Waals surface area (Å²) in [5, 5.41) is 0. The number of Topliss-reactive ketones (excluding diaryl/α,β-unsaturated/α-hetero) is 1. The van der Waals surface area contributed by atoms with Gasteiger partial charge in [0.1, 0.15) is 11.4 Å². The van der Waals surface area contributed by atoms with Gasteiger partial charge in [0, 0.05) is 17.3 Å². The van der Waals surface area contributed by atoms with Crippen LogP contribution in [0.3, 0.4) is 0 Å². The standard InChI is InChI=1S/C20H24O3/c1-11-10-12-13-4-5-16(22)18(13,2)8-6-14(12)19(3)9-7-15(21)17-20(11,19)23-17/h7,9,12-14,17H,1,4-6,8,10H2,2-3H3/t12-,13-,14-,17?,18-,19+,20?/m0/s1. The van der Waals surface area contributed by atoms with Crippen LogP contribution in [0.4, 0.5) is 0 Å². The predicted molar refractivity (Wildman–Crippen MR) is 85.7 cm³/mol. The second kappa shape index (κ2) is 3.88. The Labute approximate surface area is 137 Å². The molecule has 1 aliphatic heterocycles. The molecule has 3 saturated carbocycles. The first-order chi connectivity index (χ1) is 10.8. The summed E-state index contributed by atoms with van der Waals surface area (Å²) in [5.74, 6) is 2.03. The van der Waals surface area contributed by atoms with E-state index in [1.807, 2.05) is 0 Å². The van der Waals surface area contributed by atoms with Crippen molar-refractivity contribution in [3.63, 3.8) is 0 Å². The molecule has 23 heavy (non-hydrogen) atoms. The molecule has 1 heterocycles. The highest BCUT2D eigenvalue weighted by Gasteiger charge is 2.77. The van der Waals surface area contributed by atoms with Crippen molar-refractivity contribution < 1.29 is 14.3 Å². The molecule has 1 saturated heterocycles. The molecule has 5 aliphatic rings. The lowest BCUT2D eigenvalue weighted by atomic mass is 9.45. The minimum absolute atomic E-state index is 0.0961. The lowest BCUT2D eigenvalue weighted by molar-refractivity contribution is -0.133. The maximum Gasteiger partial charge on any atom is 0.187 e. The molecule has 122 valence electrons. The van der Waals surface area contributed by atoms with E-state index in [1.54, 1.807) is 6.08 Å². The van der Waals surface area contributed by atoms with E-state index in [0.717, 1.165) is 37.7 Å². The summed E-state index contributed by atoms with van der Waals surface area (Å²) in [7, 11) is 0. The van der Waals surface area contributed by atoms with E-state index in [1.165, 1.54) is 0 Å². The van der Waals surface area contributed by atoms with Crippen LogP contribution < -0.4 is 0 Å². The fourth-order valence-corrected chi connectivity index (χ4v) is 6.86. The number of ketones is 2. The van der Waals surface area contributed by atoms with Crippen molar-refractivity contribution in [2.45, 2.75) is 57.7 Å². The molecule has 3 nitrogen and oxygen atoms in total. The topological polar surface area (TPSA) is 46.7 Å². The van der Waals surface area contributed by atoms with E-state index in [9.17, 15) is 9.59 Å². The van der Waals surface area contributed by atoms with Crippen LogP contribution in [0, 0.1) is 28.6 Å². The van der Waals surface area contributed by atoms with Crippen LogP contribution >= 0.6 is 0 Å². The van der Waals surface area contributed by atoms with E-state index in [2.05, 4.69) is 26.5 Å². The third-order valence-corrected chi connectivity index (χ3v) is 8.19. The molecular formula is C20H24O3. The van der Waals surface area contributed by atoms with Gasteiger partial charge in [0.25, 0.3) is 0 Å². The number of carbonyl (C=O) groups excluding carboxylic acids is 2. The normalized spacial score (nSPS) is 56.7. The summed E-state index contributed by atoms with van der Waals surface area (Å²) < 4.78 is 6.03. The first-order valence-corrected chi connectivity index (χ1v) is 8.97. The Morgan fingerprint density at radius 1 is 1.22 bits per heavy atom. The SMILES string of the molecule is C=C1C[C@H]2[C@@H]3CCC(=O)[C@@]3(C)CC[C@@H]2[C@@]2(C)C=CC(=O)C3OC132. The van der Waals surface area contributed by atoms with Crippen molar-refractivity contribution in [2.24, 2.45) is 28.6 Å². The lowest BCUT2D eigenvalue weighted by Crippen LogP contribution is -2.57. The zero-order valence-corrected chi connectivity index (χ0v) is 13.9. The number of hydrogen-bond acceptors (Lipinski definition) is 3. The number of carbonyl (C=O) groups is 2. The Morgan fingerprint density at radius 3 is 2.78 bits per heavy atom. The second-order valence-corrected chi connectivity index (χ2v) is 8.85. The third kappa shape index (κ3) is 1.35. The lowest BCUT2D eigenvalue weighted by Gasteiger charge is -2.57. The van der Waals surface area contributed by atoms with Crippen molar-refractivity contribution in [1.29, 1.82) is 0 Å². The van der Waals surface area contributed by atoms with Crippen molar-refractivity contribution in [2.75, 3.05) is 0 Å². The first-order valence-electron chi connectivity index (χ1n) is 8.97. The van der Waals surface area contributed by atoms with Crippen LogP contribution in [0.2, 0.25) is 0 Å². The monoisotopic (exact) mass is 312 g/mol.